The topological polar surface area (TPSA) is 71.1 Å². The van der Waals surface area contributed by atoms with Crippen LogP contribution in [0.4, 0.5) is 10.8 Å². The van der Waals surface area contributed by atoms with E-state index in [9.17, 15) is 9.59 Å². The molecule has 0 bridgehead atoms. The van der Waals surface area contributed by atoms with Crippen LogP contribution in [0.15, 0.2) is 18.2 Å². The summed E-state index contributed by atoms with van der Waals surface area (Å²) < 4.78 is 0.939. The number of carbonyl (C=O) groups excluding carboxylic acids is 2. The second-order valence-electron chi connectivity index (χ2n) is 5.65. The fourth-order valence-corrected chi connectivity index (χ4v) is 2.97. The van der Waals surface area contributed by atoms with Crippen molar-refractivity contribution in [2.75, 3.05) is 10.6 Å². The summed E-state index contributed by atoms with van der Waals surface area (Å²) in [4.78, 5) is 27.8. The van der Waals surface area contributed by atoms with Gasteiger partial charge in [0.15, 0.2) is 5.13 Å². The average Bonchev–Trinajstić information content (AvgIpc) is 2.79. The predicted molar refractivity (Wildman–Crippen MR) is 91.2 cm³/mol. The van der Waals surface area contributed by atoms with Crippen LogP contribution in [-0.4, -0.2) is 16.8 Å². The molecule has 1 heterocycles. The smallest absolute Gasteiger partial charge is 0.226 e. The molecular formula is C16H21N3O2S. The predicted octanol–water partition coefficient (Wildman–Crippen LogP) is 4.02. The Balaban J connectivity index is 2.10. The third-order valence-electron chi connectivity index (χ3n) is 2.99. The summed E-state index contributed by atoms with van der Waals surface area (Å²) in [6.45, 7) is 5.98. The summed E-state index contributed by atoms with van der Waals surface area (Å²) in [6, 6.07) is 5.57. The summed E-state index contributed by atoms with van der Waals surface area (Å²) in [5.74, 6) is 0.315. The second kappa shape index (κ2) is 7.35. The number of rotatable bonds is 6. The lowest BCUT2D eigenvalue weighted by Crippen LogP contribution is -2.13. The molecule has 0 aliphatic heterocycles. The van der Waals surface area contributed by atoms with E-state index < -0.39 is 0 Å². The lowest BCUT2D eigenvalue weighted by molar-refractivity contribution is -0.117. The van der Waals surface area contributed by atoms with Gasteiger partial charge in [0.05, 0.1) is 10.2 Å². The number of aromatic nitrogens is 1. The van der Waals surface area contributed by atoms with Crippen LogP contribution >= 0.6 is 11.3 Å². The molecule has 0 aliphatic rings. The zero-order chi connectivity index (χ0) is 16.1. The number of hydrogen-bond acceptors (Lipinski definition) is 4. The third-order valence-corrected chi connectivity index (χ3v) is 3.92. The van der Waals surface area contributed by atoms with E-state index in [1.54, 1.807) is 0 Å². The van der Waals surface area contributed by atoms with Crippen molar-refractivity contribution in [1.82, 2.24) is 4.98 Å². The first kappa shape index (κ1) is 16.4. The molecule has 0 saturated carbocycles. The summed E-state index contributed by atoms with van der Waals surface area (Å²) in [5.41, 5.74) is 1.58. The number of nitrogens with zero attached hydrogens (tertiary/aromatic N) is 1. The van der Waals surface area contributed by atoms with E-state index in [-0.39, 0.29) is 11.8 Å². The minimum Gasteiger partial charge on any atom is -0.326 e. The van der Waals surface area contributed by atoms with E-state index in [1.165, 1.54) is 11.3 Å². The normalized spacial score (nSPS) is 10.9. The van der Waals surface area contributed by atoms with Crippen molar-refractivity contribution in [3.05, 3.63) is 18.2 Å². The molecule has 22 heavy (non-hydrogen) atoms. The quantitative estimate of drug-likeness (QED) is 0.844. The highest BCUT2D eigenvalue weighted by molar-refractivity contribution is 7.22. The van der Waals surface area contributed by atoms with Crippen LogP contribution in [0.1, 0.15) is 40.0 Å². The van der Waals surface area contributed by atoms with Gasteiger partial charge in [-0.3, -0.25) is 9.59 Å². The van der Waals surface area contributed by atoms with Gasteiger partial charge >= 0.3 is 0 Å². The minimum absolute atomic E-state index is 0.00957. The molecule has 1 aromatic heterocycles. The molecule has 2 aromatic rings. The van der Waals surface area contributed by atoms with E-state index in [0.29, 0.717) is 23.9 Å². The Morgan fingerprint density at radius 2 is 2.00 bits per heavy atom. The van der Waals surface area contributed by atoms with E-state index in [2.05, 4.69) is 15.6 Å². The van der Waals surface area contributed by atoms with Crippen molar-refractivity contribution in [1.29, 1.82) is 0 Å². The van der Waals surface area contributed by atoms with E-state index in [4.69, 9.17) is 0 Å². The fourth-order valence-electron chi connectivity index (χ4n) is 2.05. The van der Waals surface area contributed by atoms with Crippen LogP contribution in [0.3, 0.4) is 0 Å². The SMILES string of the molecule is CCCC(=O)Nc1nc2ccc(NC(=O)CC(C)C)cc2s1. The Kier molecular flexibility index (Phi) is 5.49. The number of thiazole rings is 1. The van der Waals surface area contributed by atoms with Crippen molar-refractivity contribution in [3.63, 3.8) is 0 Å². The number of anilines is 2. The van der Waals surface area contributed by atoms with Gasteiger partial charge in [-0.15, -0.1) is 0 Å². The Hall–Kier alpha value is -1.95. The molecule has 2 rings (SSSR count). The second-order valence-corrected chi connectivity index (χ2v) is 6.68. The molecule has 0 spiro atoms. The lowest BCUT2D eigenvalue weighted by atomic mass is 10.1. The maximum atomic E-state index is 11.8. The number of hydrogen-bond donors (Lipinski definition) is 2. The number of nitrogens with one attached hydrogen (secondary N) is 2. The summed E-state index contributed by atoms with van der Waals surface area (Å²) >= 11 is 1.41. The van der Waals surface area contributed by atoms with Gasteiger partial charge in [0.25, 0.3) is 0 Å². The summed E-state index contributed by atoms with van der Waals surface area (Å²) in [7, 11) is 0. The van der Waals surface area contributed by atoms with Crippen molar-refractivity contribution in [2.45, 2.75) is 40.0 Å². The largest absolute Gasteiger partial charge is 0.326 e. The van der Waals surface area contributed by atoms with Gasteiger partial charge in [-0.05, 0) is 30.5 Å². The van der Waals surface area contributed by atoms with Crippen LogP contribution in [0.25, 0.3) is 10.2 Å². The molecule has 2 amide bonds. The van der Waals surface area contributed by atoms with Crippen LogP contribution in [0.5, 0.6) is 0 Å². The highest BCUT2D eigenvalue weighted by Gasteiger charge is 2.09. The van der Waals surface area contributed by atoms with E-state index in [0.717, 1.165) is 22.3 Å². The molecule has 118 valence electrons. The highest BCUT2D eigenvalue weighted by Crippen LogP contribution is 2.28. The Morgan fingerprint density at radius 1 is 1.23 bits per heavy atom. The molecule has 5 nitrogen and oxygen atoms in total. The molecule has 2 N–H and O–H groups in total. The zero-order valence-electron chi connectivity index (χ0n) is 13.1. The number of carbonyl (C=O) groups is 2. The van der Waals surface area contributed by atoms with Gasteiger partial charge in [-0.2, -0.15) is 0 Å². The summed E-state index contributed by atoms with van der Waals surface area (Å²) in [6.07, 6.45) is 1.80. The minimum atomic E-state index is -0.0213. The van der Waals surface area contributed by atoms with Crippen LogP contribution in [0, 0.1) is 5.92 Å². The van der Waals surface area contributed by atoms with Gasteiger partial charge in [0, 0.05) is 18.5 Å². The van der Waals surface area contributed by atoms with Gasteiger partial charge < -0.3 is 10.6 Å². The maximum absolute atomic E-state index is 11.8. The molecule has 0 saturated heterocycles. The van der Waals surface area contributed by atoms with Crippen LogP contribution in [-0.2, 0) is 9.59 Å². The number of fused-ring (bicyclic) bond motifs is 1. The van der Waals surface area contributed by atoms with Crippen molar-refractivity contribution < 1.29 is 9.59 Å². The van der Waals surface area contributed by atoms with Gasteiger partial charge in [0.2, 0.25) is 11.8 Å². The first-order valence-electron chi connectivity index (χ1n) is 7.48. The lowest BCUT2D eigenvalue weighted by Gasteiger charge is -2.06. The first-order chi connectivity index (χ1) is 10.5. The Bertz CT molecular complexity index is 679. The molecule has 0 atom stereocenters. The maximum Gasteiger partial charge on any atom is 0.226 e. The monoisotopic (exact) mass is 319 g/mol. The van der Waals surface area contributed by atoms with E-state index >= 15 is 0 Å². The van der Waals surface area contributed by atoms with Gasteiger partial charge in [0.1, 0.15) is 0 Å². The molecular weight excluding hydrogens is 298 g/mol. The Morgan fingerprint density at radius 3 is 2.68 bits per heavy atom. The average molecular weight is 319 g/mol. The van der Waals surface area contributed by atoms with E-state index in [1.807, 2.05) is 39.0 Å². The number of amides is 2. The molecule has 0 fully saturated rings. The van der Waals surface area contributed by atoms with Crippen molar-refractivity contribution in [2.24, 2.45) is 5.92 Å². The first-order valence-corrected chi connectivity index (χ1v) is 8.30. The fraction of sp³-hybridized carbons (Fsp3) is 0.438. The molecule has 0 unspecified atom stereocenters. The van der Waals surface area contributed by atoms with Crippen LogP contribution in [0.2, 0.25) is 0 Å². The van der Waals surface area contributed by atoms with Crippen molar-refractivity contribution in [3.8, 4) is 0 Å². The van der Waals surface area contributed by atoms with Crippen molar-refractivity contribution >= 4 is 44.2 Å². The standard InChI is InChI=1S/C16H21N3O2S/c1-4-5-14(20)19-16-18-12-7-6-11(9-13(12)22-16)17-15(21)8-10(2)3/h6-7,9-10H,4-5,8H2,1-3H3,(H,17,21)(H,18,19,20). The molecule has 1 aromatic carbocycles. The zero-order valence-corrected chi connectivity index (χ0v) is 13.9. The molecule has 0 aliphatic carbocycles. The van der Waals surface area contributed by atoms with Gasteiger partial charge in [-0.25, -0.2) is 4.98 Å². The highest BCUT2D eigenvalue weighted by atomic mass is 32.1. The molecule has 6 heteroatoms. The van der Waals surface area contributed by atoms with Gasteiger partial charge in [-0.1, -0.05) is 32.1 Å². The Labute approximate surface area is 134 Å². The number of benzene rings is 1. The summed E-state index contributed by atoms with van der Waals surface area (Å²) in [5, 5.41) is 6.28. The molecule has 0 radical (unpaired) electrons. The third kappa shape index (κ3) is 4.53. The van der Waals surface area contributed by atoms with Crippen LogP contribution < -0.4 is 10.6 Å².